The van der Waals surface area contributed by atoms with Gasteiger partial charge in [-0.2, -0.15) is 0 Å². The molecule has 21 heavy (non-hydrogen) atoms. The van der Waals surface area contributed by atoms with Crippen molar-refractivity contribution in [2.45, 2.75) is 19.3 Å². The second-order valence-corrected chi connectivity index (χ2v) is 4.92. The van der Waals surface area contributed by atoms with E-state index >= 15 is 0 Å². The van der Waals surface area contributed by atoms with E-state index in [2.05, 4.69) is 15.3 Å². The normalized spacial score (nSPS) is 17.3. The zero-order valence-electron chi connectivity index (χ0n) is 11.0. The highest BCUT2D eigenvalue weighted by Crippen LogP contribution is 2.34. The van der Waals surface area contributed by atoms with E-state index in [9.17, 15) is 18.4 Å². The van der Waals surface area contributed by atoms with Crippen LogP contribution in [0.5, 0.6) is 0 Å². The number of hydrogen-bond acceptors (Lipinski definition) is 3. The first kappa shape index (κ1) is 13.4. The van der Waals surface area contributed by atoms with Crippen molar-refractivity contribution in [1.82, 2.24) is 9.97 Å². The summed E-state index contributed by atoms with van der Waals surface area (Å²) in [6, 6.07) is 2.98. The zero-order chi connectivity index (χ0) is 15.1. The van der Waals surface area contributed by atoms with Crippen LogP contribution in [0.25, 0.3) is 0 Å². The summed E-state index contributed by atoms with van der Waals surface area (Å²) in [6.07, 6.45) is -0.0658. The predicted molar refractivity (Wildman–Crippen MR) is 71.0 cm³/mol. The highest BCUT2D eigenvalue weighted by molar-refractivity contribution is 5.94. The molecule has 0 fully saturated rings. The Bertz CT molecular complexity index is 781. The number of fused-ring (bicyclic) bond motifs is 1. The van der Waals surface area contributed by atoms with E-state index in [-0.39, 0.29) is 29.3 Å². The van der Waals surface area contributed by atoms with Crippen LogP contribution in [0.2, 0.25) is 0 Å². The van der Waals surface area contributed by atoms with Gasteiger partial charge in [-0.25, -0.2) is 13.8 Å². The molecule has 0 spiro atoms. The number of rotatable bonds is 1. The third-order valence-electron chi connectivity index (χ3n) is 3.36. The highest BCUT2D eigenvalue weighted by atomic mass is 19.1. The molecule has 5 nitrogen and oxygen atoms in total. The van der Waals surface area contributed by atoms with Gasteiger partial charge in [0.2, 0.25) is 5.91 Å². The van der Waals surface area contributed by atoms with Crippen LogP contribution in [-0.2, 0) is 4.79 Å². The Morgan fingerprint density at radius 2 is 1.86 bits per heavy atom. The van der Waals surface area contributed by atoms with Crippen LogP contribution >= 0.6 is 0 Å². The summed E-state index contributed by atoms with van der Waals surface area (Å²) in [4.78, 5) is 30.5. The van der Waals surface area contributed by atoms with Crippen LogP contribution < -0.4 is 10.9 Å². The van der Waals surface area contributed by atoms with Crippen molar-refractivity contribution in [3.63, 3.8) is 0 Å². The molecule has 1 aliphatic heterocycles. The smallest absolute Gasteiger partial charge is 0.256 e. The fraction of sp³-hybridized carbons (Fsp3) is 0.214. The van der Waals surface area contributed by atoms with Crippen molar-refractivity contribution in [1.29, 1.82) is 0 Å². The summed E-state index contributed by atoms with van der Waals surface area (Å²) in [5.74, 6) is -2.10. The summed E-state index contributed by atoms with van der Waals surface area (Å²) in [5.41, 5.74) is 0.0251. The molecule has 1 atom stereocenters. The molecule has 1 aliphatic rings. The summed E-state index contributed by atoms with van der Waals surface area (Å²) >= 11 is 0. The Kier molecular flexibility index (Phi) is 3.04. The van der Waals surface area contributed by atoms with Gasteiger partial charge in [0.05, 0.1) is 5.56 Å². The molecule has 1 amide bonds. The molecule has 0 bridgehead atoms. The Labute approximate surface area is 118 Å². The molecule has 0 radical (unpaired) electrons. The SMILES string of the molecule is Cc1nc2c(c(=O)[nH]1)C(c1cc(F)cc(F)c1)CC(=O)N2. The maximum absolute atomic E-state index is 13.4. The van der Waals surface area contributed by atoms with Crippen molar-refractivity contribution >= 4 is 11.7 Å². The third kappa shape index (κ3) is 2.42. The minimum Gasteiger partial charge on any atom is -0.310 e. The number of aromatic amines is 1. The maximum Gasteiger partial charge on any atom is 0.256 e. The Hall–Kier alpha value is -2.57. The molecule has 2 heterocycles. The third-order valence-corrected chi connectivity index (χ3v) is 3.36. The molecule has 1 aromatic carbocycles. The Balaban J connectivity index is 2.21. The lowest BCUT2D eigenvalue weighted by molar-refractivity contribution is -0.116. The van der Waals surface area contributed by atoms with Gasteiger partial charge in [0, 0.05) is 18.4 Å². The summed E-state index contributed by atoms with van der Waals surface area (Å²) < 4.78 is 26.8. The Morgan fingerprint density at radius 3 is 2.52 bits per heavy atom. The number of aryl methyl sites for hydroxylation is 1. The minimum atomic E-state index is -0.756. The van der Waals surface area contributed by atoms with Gasteiger partial charge in [-0.3, -0.25) is 9.59 Å². The molecular formula is C14H11F2N3O2. The first-order chi connectivity index (χ1) is 9.94. The van der Waals surface area contributed by atoms with Gasteiger partial charge >= 0.3 is 0 Å². The van der Waals surface area contributed by atoms with Crippen molar-refractivity contribution in [3.8, 4) is 0 Å². The number of carbonyl (C=O) groups excluding carboxylic acids is 1. The second kappa shape index (κ2) is 4.76. The highest BCUT2D eigenvalue weighted by Gasteiger charge is 2.31. The molecule has 1 aromatic heterocycles. The predicted octanol–water partition coefficient (Wildman–Crippen LogP) is 1.83. The summed E-state index contributed by atoms with van der Waals surface area (Å²) in [5, 5.41) is 2.51. The largest absolute Gasteiger partial charge is 0.310 e. The second-order valence-electron chi connectivity index (χ2n) is 4.92. The van der Waals surface area contributed by atoms with Gasteiger partial charge in [0.1, 0.15) is 23.3 Å². The lowest BCUT2D eigenvalue weighted by Gasteiger charge is -2.24. The number of H-pyrrole nitrogens is 1. The van der Waals surface area contributed by atoms with Crippen LogP contribution in [0.15, 0.2) is 23.0 Å². The summed E-state index contributed by atoms with van der Waals surface area (Å²) in [7, 11) is 0. The van der Waals surface area contributed by atoms with Crippen LogP contribution in [0, 0.1) is 18.6 Å². The number of amides is 1. The van der Waals surface area contributed by atoms with Gasteiger partial charge in [-0.15, -0.1) is 0 Å². The monoisotopic (exact) mass is 291 g/mol. The van der Waals surface area contributed by atoms with Gasteiger partial charge in [-0.05, 0) is 24.6 Å². The molecule has 0 saturated carbocycles. The number of nitrogens with zero attached hydrogens (tertiary/aromatic N) is 1. The number of anilines is 1. The lowest BCUT2D eigenvalue weighted by atomic mass is 9.86. The quantitative estimate of drug-likeness (QED) is 0.841. The number of nitrogens with one attached hydrogen (secondary N) is 2. The Morgan fingerprint density at radius 1 is 1.19 bits per heavy atom. The fourth-order valence-electron chi connectivity index (χ4n) is 2.55. The summed E-state index contributed by atoms with van der Waals surface area (Å²) in [6.45, 7) is 1.58. The van der Waals surface area contributed by atoms with Crippen molar-refractivity contribution < 1.29 is 13.6 Å². The average molecular weight is 291 g/mol. The van der Waals surface area contributed by atoms with Gasteiger partial charge in [-0.1, -0.05) is 0 Å². The average Bonchev–Trinajstić information content (AvgIpc) is 2.35. The molecule has 2 aromatic rings. The first-order valence-corrected chi connectivity index (χ1v) is 6.30. The number of halogens is 2. The topological polar surface area (TPSA) is 74.8 Å². The van der Waals surface area contributed by atoms with Crippen LogP contribution in [-0.4, -0.2) is 15.9 Å². The molecule has 7 heteroatoms. The molecule has 0 saturated heterocycles. The fourth-order valence-corrected chi connectivity index (χ4v) is 2.55. The lowest BCUT2D eigenvalue weighted by Crippen LogP contribution is -2.31. The van der Waals surface area contributed by atoms with E-state index in [1.54, 1.807) is 6.92 Å². The number of benzene rings is 1. The van der Waals surface area contributed by atoms with E-state index < -0.39 is 23.1 Å². The number of carbonyl (C=O) groups is 1. The first-order valence-electron chi connectivity index (χ1n) is 6.30. The van der Waals surface area contributed by atoms with E-state index in [1.807, 2.05) is 0 Å². The van der Waals surface area contributed by atoms with E-state index in [0.717, 1.165) is 18.2 Å². The number of hydrogen-bond donors (Lipinski definition) is 2. The standard InChI is InChI=1S/C14H11F2N3O2/c1-6-17-13-12(14(21)18-6)10(5-11(20)19-13)7-2-8(15)4-9(16)3-7/h2-4,10H,5H2,1H3,(H2,17,18,19,20,21). The van der Waals surface area contributed by atoms with Gasteiger partial charge < -0.3 is 10.3 Å². The van der Waals surface area contributed by atoms with Crippen molar-refractivity contribution in [2.24, 2.45) is 0 Å². The maximum atomic E-state index is 13.4. The molecule has 1 unspecified atom stereocenters. The van der Waals surface area contributed by atoms with Crippen molar-refractivity contribution in [3.05, 3.63) is 57.1 Å². The van der Waals surface area contributed by atoms with Crippen LogP contribution in [0.3, 0.4) is 0 Å². The van der Waals surface area contributed by atoms with E-state index in [1.165, 1.54) is 0 Å². The van der Waals surface area contributed by atoms with E-state index in [4.69, 9.17) is 0 Å². The number of aromatic nitrogens is 2. The minimum absolute atomic E-state index is 0.0658. The molecule has 3 rings (SSSR count). The molecule has 108 valence electrons. The van der Waals surface area contributed by atoms with E-state index in [0.29, 0.717) is 5.82 Å². The van der Waals surface area contributed by atoms with Crippen LogP contribution in [0.1, 0.15) is 29.3 Å². The van der Waals surface area contributed by atoms with Crippen molar-refractivity contribution in [2.75, 3.05) is 5.32 Å². The van der Waals surface area contributed by atoms with Gasteiger partial charge in [0.15, 0.2) is 0 Å². The molecule has 0 aliphatic carbocycles. The molecular weight excluding hydrogens is 280 g/mol. The van der Waals surface area contributed by atoms with Gasteiger partial charge in [0.25, 0.3) is 5.56 Å². The zero-order valence-corrected chi connectivity index (χ0v) is 11.0. The van der Waals surface area contributed by atoms with Crippen LogP contribution in [0.4, 0.5) is 14.6 Å². The molecule has 2 N–H and O–H groups in total.